The van der Waals surface area contributed by atoms with Gasteiger partial charge in [-0.2, -0.15) is 0 Å². The molecule has 0 radical (unpaired) electrons. The van der Waals surface area contributed by atoms with Crippen LogP contribution in [0.5, 0.6) is 0 Å². The highest BCUT2D eigenvalue weighted by Gasteiger charge is 2.42. The number of esters is 1. The summed E-state index contributed by atoms with van der Waals surface area (Å²) in [4.78, 5) is 11.5. The maximum absolute atomic E-state index is 11.5. The molecule has 0 aromatic rings. The molecule has 0 N–H and O–H groups in total. The predicted molar refractivity (Wildman–Crippen MR) is 61.7 cm³/mol. The predicted octanol–water partition coefficient (Wildman–Crippen LogP) is 2.77. The van der Waals surface area contributed by atoms with Gasteiger partial charge in [-0.25, -0.2) is 4.79 Å². The number of fused-ring (bicyclic) bond motifs is 4. The van der Waals surface area contributed by atoms with Gasteiger partial charge in [0.15, 0.2) is 0 Å². The summed E-state index contributed by atoms with van der Waals surface area (Å²) >= 11 is 0. The van der Waals surface area contributed by atoms with Crippen molar-refractivity contribution >= 4 is 5.97 Å². The fourth-order valence-electron chi connectivity index (χ4n) is 3.46. The highest BCUT2D eigenvalue weighted by atomic mass is 16.5. The van der Waals surface area contributed by atoms with Crippen molar-refractivity contribution in [3.63, 3.8) is 0 Å². The lowest BCUT2D eigenvalue weighted by Crippen LogP contribution is -2.14. The lowest BCUT2D eigenvalue weighted by Gasteiger charge is -2.25. The molecule has 3 rings (SSSR count). The Kier molecular flexibility index (Phi) is 2.06. The molecule has 0 spiro atoms. The molecule has 0 aromatic heterocycles. The van der Waals surface area contributed by atoms with E-state index in [1.54, 1.807) is 5.57 Å². The van der Waals surface area contributed by atoms with Crippen molar-refractivity contribution in [3.8, 4) is 0 Å². The lowest BCUT2D eigenvalue weighted by molar-refractivity contribution is -0.136. The van der Waals surface area contributed by atoms with Gasteiger partial charge in [-0.05, 0) is 25.2 Å². The van der Waals surface area contributed by atoms with Crippen molar-refractivity contribution < 1.29 is 9.53 Å². The van der Waals surface area contributed by atoms with Crippen molar-refractivity contribution in [3.05, 3.63) is 34.9 Å². The molecule has 2 nitrogen and oxygen atoms in total. The third-order valence-electron chi connectivity index (χ3n) is 4.24. The summed E-state index contributed by atoms with van der Waals surface area (Å²) in [6.07, 6.45) is 6.21. The quantitative estimate of drug-likeness (QED) is 0.497. The number of allylic oxidation sites excluding steroid dienone is 4. The summed E-state index contributed by atoms with van der Waals surface area (Å²) in [6, 6.07) is 0. The third kappa shape index (κ3) is 1.22. The highest BCUT2D eigenvalue weighted by molar-refractivity contribution is 5.89. The summed E-state index contributed by atoms with van der Waals surface area (Å²) in [5.74, 6) is 1.12. The summed E-state index contributed by atoms with van der Waals surface area (Å²) in [5, 5.41) is 0. The van der Waals surface area contributed by atoms with Crippen molar-refractivity contribution in [1.82, 2.24) is 0 Å². The molecular formula is C14H16O2. The van der Waals surface area contributed by atoms with E-state index in [4.69, 9.17) is 4.74 Å². The Morgan fingerprint density at radius 3 is 3.06 bits per heavy atom. The van der Waals surface area contributed by atoms with E-state index in [0.29, 0.717) is 5.92 Å². The summed E-state index contributed by atoms with van der Waals surface area (Å²) in [6.45, 7) is 4.15. The van der Waals surface area contributed by atoms with Crippen molar-refractivity contribution in [2.24, 2.45) is 11.8 Å². The average molecular weight is 216 g/mol. The molecule has 2 bridgehead atoms. The summed E-state index contributed by atoms with van der Waals surface area (Å²) < 4.78 is 4.79. The lowest BCUT2D eigenvalue weighted by atomic mass is 9.80. The molecule has 2 unspecified atom stereocenters. The number of carbonyl (C=O) groups is 1. The molecule has 0 amide bonds. The van der Waals surface area contributed by atoms with Crippen LogP contribution in [0.4, 0.5) is 0 Å². The molecule has 3 aliphatic rings. The van der Waals surface area contributed by atoms with E-state index in [2.05, 4.69) is 6.58 Å². The zero-order valence-electron chi connectivity index (χ0n) is 9.58. The average Bonchev–Trinajstić information content (AvgIpc) is 2.84. The van der Waals surface area contributed by atoms with Gasteiger partial charge in [0.25, 0.3) is 0 Å². The summed E-state index contributed by atoms with van der Waals surface area (Å²) in [5.41, 5.74) is 5.27. The maximum atomic E-state index is 11.5. The Balaban J connectivity index is 1.87. The monoisotopic (exact) mass is 216 g/mol. The van der Waals surface area contributed by atoms with Crippen LogP contribution in [0, 0.1) is 11.8 Å². The largest absolute Gasteiger partial charge is 0.466 e. The van der Waals surface area contributed by atoms with E-state index in [-0.39, 0.29) is 5.97 Å². The Morgan fingerprint density at radius 2 is 2.31 bits per heavy atom. The van der Waals surface area contributed by atoms with Crippen molar-refractivity contribution in [2.45, 2.75) is 25.7 Å². The van der Waals surface area contributed by atoms with Gasteiger partial charge in [0.2, 0.25) is 0 Å². The van der Waals surface area contributed by atoms with E-state index >= 15 is 0 Å². The Hall–Kier alpha value is -1.31. The summed E-state index contributed by atoms with van der Waals surface area (Å²) in [7, 11) is 1.45. The molecule has 16 heavy (non-hydrogen) atoms. The first-order chi connectivity index (χ1) is 7.70. The first-order valence-corrected chi connectivity index (χ1v) is 5.87. The van der Waals surface area contributed by atoms with E-state index in [9.17, 15) is 4.79 Å². The number of hydrogen-bond donors (Lipinski definition) is 0. The minimum absolute atomic E-state index is 0.167. The first-order valence-electron chi connectivity index (χ1n) is 5.87. The Morgan fingerprint density at radius 1 is 1.50 bits per heavy atom. The minimum Gasteiger partial charge on any atom is -0.466 e. The van der Waals surface area contributed by atoms with Crippen LogP contribution in [-0.2, 0) is 9.53 Å². The molecule has 3 aliphatic carbocycles. The fraction of sp³-hybridized carbons (Fsp3) is 0.500. The number of rotatable bonds is 1. The molecule has 2 heteroatoms. The van der Waals surface area contributed by atoms with Crippen LogP contribution in [-0.4, -0.2) is 13.1 Å². The van der Waals surface area contributed by atoms with Gasteiger partial charge >= 0.3 is 5.97 Å². The normalized spacial score (nSPS) is 31.6. The van der Waals surface area contributed by atoms with Gasteiger partial charge in [0.05, 0.1) is 7.11 Å². The van der Waals surface area contributed by atoms with Gasteiger partial charge < -0.3 is 4.74 Å². The Labute approximate surface area is 95.7 Å². The van der Waals surface area contributed by atoms with Crippen LogP contribution >= 0.6 is 0 Å². The molecule has 0 aliphatic heterocycles. The third-order valence-corrected chi connectivity index (χ3v) is 4.24. The molecule has 2 atom stereocenters. The van der Waals surface area contributed by atoms with Crippen LogP contribution < -0.4 is 0 Å². The van der Waals surface area contributed by atoms with Gasteiger partial charge in [-0.15, -0.1) is 0 Å². The van der Waals surface area contributed by atoms with Gasteiger partial charge in [-0.1, -0.05) is 29.4 Å². The zero-order chi connectivity index (χ0) is 11.3. The Bertz CT molecular complexity index is 440. The fourth-order valence-corrected chi connectivity index (χ4v) is 3.46. The van der Waals surface area contributed by atoms with Gasteiger partial charge in [0, 0.05) is 17.9 Å². The number of methoxy groups -OCH3 is 1. The highest BCUT2D eigenvalue weighted by Crippen LogP contribution is 2.55. The van der Waals surface area contributed by atoms with Gasteiger partial charge in [0.1, 0.15) is 0 Å². The van der Waals surface area contributed by atoms with Gasteiger partial charge in [-0.3, -0.25) is 0 Å². The van der Waals surface area contributed by atoms with Crippen molar-refractivity contribution in [1.29, 1.82) is 0 Å². The molecule has 0 heterocycles. The first kappa shape index (κ1) is 9.88. The van der Waals surface area contributed by atoms with Crippen LogP contribution in [0.3, 0.4) is 0 Å². The number of carbonyl (C=O) groups excluding carboxylic acids is 1. The molecule has 0 saturated heterocycles. The SMILES string of the molecule is C=C1CC2CC1C1=C2CC=C(C(=O)OC)C1. The maximum Gasteiger partial charge on any atom is 0.333 e. The van der Waals surface area contributed by atoms with E-state index in [0.717, 1.165) is 24.3 Å². The van der Waals surface area contributed by atoms with Crippen LogP contribution in [0.1, 0.15) is 25.7 Å². The molecular weight excluding hydrogens is 200 g/mol. The molecule has 1 saturated carbocycles. The van der Waals surface area contributed by atoms with Crippen LogP contribution in [0.25, 0.3) is 0 Å². The second-order valence-electron chi connectivity index (χ2n) is 5.00. The van der Waals surface area contributed by atoms with E-state index in [1.165, 1.54) is 31.1 Å². The van der Waals surface area contributed by atoms with Crippen LogP contribution in [0.2, 0.25) is 0 Å². The minimum atomic E-state index is -0.167. The molecule has 1 fully saturated rings. The zero-order valence-corrected chi connectivity index (χ0v) is 9.58. The standard InChI is InChI=1S/C14H16O2/c1-8-5-10-7-12(8)13-6-9(14(15)16-2)3-4-11(10)13/h3,10,12H,1,4-7H2,2H3. The molecule has 84 valence electrons. The second-order valence-corrected chi connectivity index (χ2v) is 5.00. The smallest absolute Gasteiger partial charge is 0.333 e. The molecule has 0 aromatic carbocycles. The topological polar surface area (TPSA) is 26.3 Å². The van der Waals surface area contributed by atoms with E-state index in [1.807, 2.05) is 6.08 Å². The number of ether oxygens (including phenoxy) is 1. The van der Waals surface area contributed by atoms with E-state index < -0.39 is 0 Å². The van der Waals surface area contributed by atoms with Crippen LogP contribution in [0.15, 0.2) is 34.9 Å². The number of hydrogen-bond acceptors (Lipinski definition) is 2. The second kappa shape index (κ2) is 3.34. The van der Waals surface area contributed by atoms with Crippen molar-refractivity contribution in [2.75, 3.05) is 7.11 Å².